The summed E-state index contributed by atoms with van der Waals surface area (Å²) >= 11 is 0. The first kappa shape index (κ1) is 19.8. The van der Waals surface area contributed by atoms with Crippen molar-refractivity contribution in [2.45, 2.75) is 40.4 Å². The second kappa shape index (κ2) is 7.80. The van der Waals surface area contributed by atoms with Gasteiger partial charge in [0.2, 0.25) is 5.88 Å². The molecule has 0 radical (unpaired) electrons. The Labute approximate surface area is 151 Å². The molecule has 8 heteroatoms. The number of rotatable bonds is 6. The van der Waals surface area contributed by atoms with Crippen LogP contribution in [0.3, 0.4) is 0 Å². The molecule has 2 aromatic rings. The van der Waals surface area contributed by atoms with Crippen LogP contribution in [0.4, 0.5) is 18.9 Å². The minimum atomic E-state index is -4.51. The number of ether oxygens (including phenoxy) is 1. The number of alkyl halides is 3. The summed E-state index contributed by atoms with van der Waals surface area (Å²) < 4.78 is 45.6. The van der Waals surface area contributed by atoms with Crippen LogP contribution in [0.25, 0.3) is 0 Å². The molecule has 0 spiro atoms. The fraction of sp³-hybridized carbons (Fsp3) is 0.444. The lowest BCUT2D eigenvalue weighted by molar-refractivity contribution is -0.141. The van der Waals surface area contributed by atoms with Gasteiger partial charge in [0.25, 0.3) is 0 Å². The van der Waals surface area contributed by atoms with Crippen LogP contribution in [0, 0.1) is 13.8 Å². The number of nitrogens with zero attached hydrogens (tertiary/aromatic N) is 4. The Kier molecular flexibility index (Phi) is 5.94. The molecule has 0 bridgehead atoms. The predicted octanol–water partition coefficient (Wildman–Crippen LogP) is 4.94. The summed E-state index contributed by atoms with van der Waals surface area (Å²) in [4.78, 5) is 6.38. The van der Waals surface area contributed by atoms with Crippen molar-refractivity contribution in [3.8, 4) is 11.6 Å². The third-order valence-electron chi connectivity index (χ3n) is 3.93. The van der Waals surface area contributed by atoms with Gasteiger partial charge in [-0.1, -0.05) is 0 Å². The van der Waals surface area contributed by atoms with Gasteiger partial charge in [-0.3, -0.25) is 0 Å². The Bertz CT molecular complexity index is 796. The first-order chi connectivity index (χ1) is 12.2. The standard InChI is InChI=1S/C18H23F3N4O/c1-6-24(5)11-22-14-8-13(4)15(9-12(14)3)26-17-10-16(18(19,20)21)23-25(17)7-2/h8-11H,6-7H2,1-5H3. The highest BCUT2D eigenvalue weighted by Crippen LogP contribution is 2.35. The summed E-state index contributed by atoms with van der Waals surface area (Å²) in [6.07, 6.45) is -2.77. The predicted molar refractivity (Wildman–Crippen MR) is 95.3 cm³/mol. The van der Waals surface area contributed by atoms with Gasteiger partial charge in [0, 0.05) is 26.2 Å². The van der Waals surface area contributed by atoms with Gasteiger partial charge < -0.3 is 9.64 Å². The SMILES string of the molecule is CCN(C)C=Nc1cc(C)c(Oc2cc(C(F)(F)F)nn2CC)cc1C. The van der Waals surface area contributed by atoms with Crippen LogP contribution < -0.4 is 4.74 Å². The molecule has 0 amide bonds. The largest absolute Gasteiger partial charge is 0.439 e. The lowest BCUT2D eigenvalue weighted by atomic mass is 10.1. The first-order valence-corrected chi connectivity index (χ1v) is 8.34. The molecule has 26 heavy (non-hydrogen) atoms. The third-order valence-corrected chi connectivity index (χ3v) is 3.93. The fourth-order valence-corrected chi connectivity index (χ4v) is 2.23. The molecule has 1 aromatic carbocycles. The maximum atomic E-state index is 12.9. The highest BCUT2D eigenvalue weighted by molar-refractivity contribution is 5.64. The number of benzene rings is 1. The van der Waals surface area contributed by atoms with Gasteiger partial charge in [-0.05, 0) is 51.0 Å². The zero-order valence-electron chi connectivity index (χ0n) is 15.6. The minimum Gasteiger partial charge on any atom is -0.439 e. The van der Waals surface area contributed by atoms with Crippen molar-refractivity contribution >= 4 is 12.0 Å². The van der Waals surface area contributed by atoms with Crippen LogP contribution in [0.5, 0.6) is 11.6 Å². The van der Waals surface area contributed by atoms with Crippen molar-refractivity contribution in [1.29, 1.82) is 0 Å². The summed E-state index contributed by atoms with van der Waals surface area (Å²) in [6, 6.07) is 4.54. The van der Waals surface area contributed by atoms with Crippen molar-refractivity contribution in [3.05, 3.63) is 35.0 Å². The van der Waals surface area contributed by atoms with Crippen LogP contribution in [-0.2, 0) is 12.7 Å². The molecule has 142 valence electrons. The van der Waals surface area contributed by atoms with Crippen molar-refractivity contribution in [2.24, 2.45) is 4.99 Å². The van der Waals surface area contributed by atoms with Crippen LogP contribution in [0.15, 0.2) is 23.2 Å². The number of hydrogen-bond acceptors (Lipinski definition) is 3. The van der Waals surface area contributed by atoms with Gasteiger partial charge in [0.05, 0.1) is 12.0 Å². The van der Waals surface area contributed by atoms with Crippen molar-refractivity contribution in [3.63, 3.8) is 0 Å². The molecule has 5 nitrogen and oxygen atoms in total. The number of halogens is 3. The van der Waals surface area contributed by atoms with Gasteiger partial charge in [-0.15, -0.1) is 0 Å². The molecule has 1 aromatic heterocycles. The monoisotopic (exact) mass is 368 g/mol. The van der Waals surface area contributed by atoms with E-state index in [0.717, 1.165) is 29.4 Å². The van der Waals surface area contributed by atoms with Gasteiger partial charge >= 0.3 is 6.18 Å². The van der Waals surface area contributed by atoms with Crippen molar-refractivity contribution in [2.75, 3.05) is 13.6 Å². The average Bonchev–Trinajstić information content (AvgIpc) is 2.99. The van der Waals surface area contributed by atoms with E-state index in [-0.39, 0.29) is 12.4 Å². The van der Waals surface area contributed by atoms with E-state index in [1.165, 1.54) is 4.68 Å². The van der Waals surface area contributed by atoms with Gasteiger partial charge in [0.15, 0.2) is 5.69 Å². The Balaban J connectivity index is 2.32. The van der Waals surface area contributed by atoms with Crippen LogP contribution in [0.2, 0.25) is 0 Å². The average molecular weight is 368 g/mol. The Morgan fingerprint density at radius 2 is 1.88 bits per heavy atom. The molecule has 2 rings (SSSR count). The zero-order chi connectivity index (χ0) is 19.5. The van der Waals surface area contributed by atoms with E-state index in [9.17, 15) is 13.2 Å². The van der Waals surface area contributed by atoms with E-state index in [1.807, 2.05) is 38.8 Å². The summed E-state index contributed by atoms with van der Waals surface area (Å²) in [5.41, 5.74) is 1.46. The van der Waals surface area contributed by atoms with E-state index >= 15 is 0 Å². The summed E-state index contributed by atoms with van der Waals surface area (Å²) in [7, 11) is 1.92. The molecule has 0 aliphatic carbocycles. The second-order valence-electron chi connectivity index (χ2n) is 6.01. The molecule has 0 saturated carbocycles. The van der Waals surface area contributed by atoms with Crippen LogP contribution in [-0.4, -0.2) is 34.6 Å². The van der Waals surface area contributed by atoms with E-state index in [2.05, 4.69) is 10.1 Å². The van der Waals surface area contributed by atoms with E-state index in [1.54, 1.807) is 19.3 Å². The molecule has 1 heterocycles. The van der Waals surface area contributed by atoms with Crippen molar-refractivity contribution < 1.29 is 17.9 Å². The summed E-state index contributed by atoms with van der Waals surface area (Å²) in [5, 5.41) is 3.56. The highest BCUT2D eigenvalue weighted by Gasteiger charge is 2.35. The molecule has 0 unspecified atom stereocenters. The van der Waals surface area contributed by atoms with Gasteiger partial charge in [0.1, 0.15) is 5.75 Å². The molecule has 0 aliphatic rings. The minimum absolute atomic E-state index is 0.0595. The van der Waals surface area contributed by atoms with E-state index < -0.39 is 11.9 Å². The molecule has 0 saturated heterocycles. The molecule has 0 atom stereocenters. The topological polar surface area (TPSA) is 42.6 Å². The smallest absolute Gasteiger partial charge is 0.435 e. The summed E-state index contributed by atoms with van der Waals surface area (Å²) in [6.45, 7) is 8.55. The molecule has 0 aliphatic heterocycles. The zero-order valence-corrected chi connectivity index (χ0v) is 15.6. The molecular formula is C18H23F3N4O. The Hall–Kier alpha value is -2.51. The third kappa shape index (κ3) is 4.56. The lowest BCUT2D eigenvalue weighted by Crippen LogP contribution is -2.14. The number of aromatic nitrogens is 2. The van der Waals surface area contributed by atoms with Gasteiger partial charge in [-0.25, -0.2) is 9.67 Å². The number of hydrogen-bond donors (Lipinski definition) is 0. The quantitative estimate of drug-likeness (QED) is 0.536. The maximum Gasteiger partial charge on any atom is 0.435 e. The first-order valence-electron chi connectivity index (χ1n) is 8.34. The number of aliphatic imine (C=N–C) groups is 1. The lowest BCUT2D eigenvalue weighted by Gasteiger charge is -2.13. The highest BCUT2D eigenvalue weighted by atomic mass is 19.4. The van der Waals surface area contributed by atoms with Gasteiger partial charge in [-0.2, -0.15) is 18.3 Å². The Morgan fingerprint density at radius 1 is 1.19 bits per heavy atom. The second-order valence-corrected chi connectivity index (χ2v) is 6.01. The van der Waals surface area contributed by atoms with E-state index in [4.69, 9.17) is 4.74 Å². The van der Waals surface area contributed by atoms with Crippen molar-refractivity contribution in [1.82, 2.24) is 14.7 Å². The Morgan fingerprint density at radius 3 is 2.46 bits per heavy atom. The molecule has 0 fully saturated rings. The summed E-state index contributed by atoms with van der Waals surface area (Å²) in [5.74, 6) is 0.540. The fourth-order valence-electron chi connectivity index (χ4n) is 2.23. The molecular weight excluding hydrogens is 345 g/mol. The van der Waals surface area contributed by atoms with Crippen LogP contribution in [0.1, 0.15) is 30.7 Å². The number of aryl methyl sites for hydroxylation is 3. The molecule has 0 N–H and O–H groups in total. The van der Waals surface area contributed by atoms with E-state index in [0.29, 0.717) is 5.75 Å². The normalized spacial score (nSPS) is 12.0. The van der Waals surface area contributed by atoms with Crippen LogP contribution >= 0.6 is 0 Å². The maximum absolute atomic E-state index is 12.9.